The van der Waals surface area contributed by atoms with Gasteiger partial charge in [-0.05, 0) is 68.0 Å². The summed E-state index contributed by atoms with van der Waals surface area (Å²) in [5.74, 6) is 1.05. The topological polar surface area (TPSA) is 71.3 Å². The highest BCUT2D eigenvalue weighted by Crippen LogP contribution is 2.31. The Hall–Kier alpha value is -2.41. The molecule has 1 amide bonds. The molecular weight excluding hydrogens is 459 g/mol. The Labute approximate surface area is 203 Å². The van der Waals surface area contributed by atoms with Gasteiger partial charge >= 0.3 is 0 Å². The van der Waals surface area contributed by atoms with Crippen molar-refractivity contribution < 1.29 is 9.32 Å². The SMILES string of the molecule is O=C(NC1CCCc2ccccc21)C1CCCN(Cc2nc(-c3ccc(Cl)cc3Cl)no2)C1. The molecule has 6 nitrogen and oxygen atoms in total. The zero-order valence-corrected chi connectivity index (χ0v) is 19.8. The number of aryl methyl sites for hydroxylation is 1. The van der Waals surface area contributed by atoms with Gasteiger partial charge < -0.3 is 9.84 Å². The molecule has 5 rings (SSSR count). The Morgan fingerprint density at radius 3 is 2.91 bits per heavy atom. The maximum Gasteiger partial charge on any atom is 0.241 e. The van der Waals surface area contributed by atoms with Gasteiger partial charge in [0, 0.05) is 17.1 Å². The van der Waals surface area contributed by atoms with Gasteiger partial charge in [-0.15, -0.1) is 0 Å². The molecule has 2 heterocycles. The predicted octanol–water partition coefficient (Wildman–Crippen LogP) is 5.45. The van der Waals surface area contributed by atoms with E-state index < -0.39 is 0 Å². The first-order chi connectivity index (χ1) is 16.1. The number of nitrogens with zero attached hydrogens (tertiary/aromatic N) is 3. The molecule has 1 aliphatic carbocycles. The number of likely N-dealkylation sites (tertiary alicyclic amines) is 1. The van der Waals surface area contributed by atoms with Gasteiger partial charge in [-0.3, -0.25) is 9.69 Å². The van der Waals surface area contributed by atoms with E-state index in [1.807, 2.05) is 0 Å². The standard InChI is InChI=1S/C25H26Cl2N4O2/c26-18-10-11-20(21(27)13-18)24-29-23(33-30-24)15-31-12-4-7-17(14-31)25(32)28-22-9-3-6-16-5-1-2-8-19(16)22/h1-2,5,8,10-11,13,17,22H,3-4,6-7,9,12,14-15H2,(H,28,32). The number of halogens is 2. The minimum atomic E-state index is -0.0408. The van der Waals surface area contributed by atoms with Gasteiger partial charge in [0.15, 0.2) is 0 Å². The van der Waals surface area contributed by atoms with Crippen LogP contribution < -0.4 is 5.32 Å². The van der Waals surface area contributed by atoms with Crippen LogP contribution in [0.2, 0.25) is 10.0 Å². The van der Waals surface area contributed by atoms with Crippen LogP contribution in [-0.2, 0) is 17.8 Å². The fourth-order valence-corrected chi connectivity index (χ4v) is 5.39. The minimum Gasteiger partial charge on any atom is -0.349 e. The van der Waals surface area contributed by atoms with E-state index in [9.17, 15) is 4.79 Å². The number of carbonyl (C=O) groups is 1. The van der Waals surface area contributed by atoms with Gasteiger partial charge in [0.05, 0.1) is 23.5 Å². The van der Waals surface area contributed by atoms with Gasteiger partial charge in [0.1, 0.15) is 0 Å². The summed E-state index contributed by atoms with van der Waals surface area (Å²) in [4.78, 5) is 19.8. The number of hydrogen-bond acceptors (Lipinski definition) is 5. The van der Waals surface area contributed by atoms with E-state index >= 15 is 0 Å². The van der Waals surface area contributed by atoms with Crippen LogP contribution in [-0.4, -0.2) is 34.0 Å². The number of fused-ring (bicyclic) bond motifs is 1. The van der Waals surface area contributed by atoms with Crippen LogP contribution in [0.1, 0.15) is 48.7 Å². The van der Waals surface area contributed by atoms with E-state index in [2.05, 4.69) is 44.6 Å². The molecule has 0 radical (unpaired) electrons. The van der Waals surface area contributed by atoms with E-state index in [1.54, 1.807) is 18.2 Å². The Morgan fingerprint density at radius 1 is 1.15 bits per heavy atom. The van der Waals surface area contributed by atoms with Crippen molar-refractivity contribution in [2.45, 2.75) is 44.7 Å². The molecule has 0 bridgehead atoms. The molecule has 1 aromatic heterocycles. The summed E-state index contributed by atoms with van der Waals surface area (Å²) in [6.07, 6.45) is 5.05. The lowest BCUT2D eigenvalue weighted by Crippen LogP contribution is -2.44. The van der Waals surface area contributed by atoms with Gasteiger partial charge in [-0.25, -0.2) is 0 Å². The molecular formula is C25H26Cl2N4O2. The summed E-state index contributed by atoms with van der Waals surface area (Å²) >= 11 is 12.2. The van der Waals surface area contributed by atoms with Crippen molar-refractivity contribution in [3.63, 3.8) is 0 Å². The van der Waals surface area contributed by atoms with Crippen LogP contribution in [0.25, 0.3) is 11.4 Å². The average Bonchev–Trinajstić information content (AvgIpc) is 3.27. The monoisotopic (exact) mass is 484 g/mol. The number of benzene rings is 2. The molecule has 33 heavy (non-hydrogen) atoms. The molecule has 2 atom stereocenters. The summed E-state index contributed by atoms with van der Waals surface area (Å²) in [6.45, 7) is 2.09. The van der Waals surface area contributed by atoms with Crippen LogP contribution in [0.4, 0.5) is 0 Å². The highest BCUT2D eigenvalue weighted by atomic mass is 35.5. The molecule has 172 valence electrons. The van der Waals surface area contributed by atoms with Crippen LogP contribution in [0.5, 0.6) is 0 Å². The normalized spacial score (nSPS) is 20.9. The van der Waals surface area contributed by atoms with Crippen molar-refractivity contribution >= 4 is 29.1 Å². The lowest BCUT2D eigenvalue weighted by molar-refractivity contribution is -0.127. The average molecular weight is 485 g/mol. The zero-order valence-electron chi connectivity index (χ0n) is 18.3. The van der Waals surface area contributed by atoms with Crippen molar-refractivity contribution in [2.24, 2.45) is 5.92 Å². The molecule has 2 aliphatic rings. The molecule has 3 aromatic rings. The summed E-state index contributed by atoms with van der Waals surface area (Å²) in [5, 5.41) is 8.44. The number of piperidine rings is 1. The first-order valence-electron chi connectivity index (χ1n) is 11.5. The van der Waals surface area contributed by atoms with Crippen molar-refractivity contribution in [3.8, 4) is 11.4 Å². The first kappa shape index (κ1) is 22.4. The second kappa shape index (κ2) is 9.84. The van der Waals surface area contributed by atoms with Gasteiger partial charge in [-0.1, -0.05) is 52.6 Å². The lowest BCUT2D eigenvalue weighted by atomic mass is 9.87. The van der Waals surface area contributed by atoms with Gasteiger partial charge in [-0.2, -0.15) is 4.98 Å². The van der Waals surface area contributed by atoms with E-state index in [4.69, 9.17) is 27.7 Å². The Morgan fingerprint density at radius 2 is 2.03 bits per heavy atom. The molecule has 1 fully saturated rings. The highest BCUT2D eigenvalue weighted by Gasteiger charge is 2.30. The molecule has 2 unspecified atom stereocenters. The second-order valence-electron chi connectivity index (χ2n) is 8.86. The number of aromatic nitrogens is 2. The molecule has 1 aliphatic heterocycles. The van der Waals surface area contributed by atoms with Crippen molar-refractivity contribution in [2.75, 3.05) is 13.1 Å². The largest absolute Gasteiger partial charge is 0.349 e. The molecule has 0 saturated carbocycles. The van der Waals surface area contributed by atoms with Crippen LogP contribution in [0.15, 0.2) is 47.0 Å². The fourth-order valence-electron chi connectivity index (χ4n) is 4.90. The first-order valence-corrected chi connectivity index (χ1v) is 12.2. The Balaban J connectivity index is 1.21. The molecule has 1 N–H and O–H groups in total. The third-order valence-electron chi connectivity index (χ3n) is 6.56. The van der Waals surface area contributed by atoms with Crippen molar-refractivity contribution in [1.82, 2.24) is 20.4 Å². The highest BCUT2D eigenvalue weighted by molar-refractivity contribution is 6.36. The molecule has 1 saturated heterocycles. The third-order valence-corrected chi connectivity index (χ3v) is 7.11. The molecule has 2 aromatic carbocycles. The van der Waals surface area contributed by atoms with Crippen LogP contribution in [0, 0.1) is 5.92 Å². The van der Waals surface area contributed by atoms with E-state index in [-0.39, 0.29) is 17.9 Å². The number of rotatable bonds is 5. The Bertz CT molecular complexity index is 1150. The maximum absolute atomic E-state index is 13.1. The lowest BCUT2D eigenvalue weighted by Gasteiger charge is -2.33. The Kier molecular flexibility index (Phi) is 6.67. The van der Waals surface area contributed by atoms with Crippen molar-refractivity contribution in [3.05, 3.63) is 69.5 Å². The van der Waals surface area contributed by atoms with Gasteiger partial charge in [0.2, 0.25) is 17.6 Å². The predicted molar refractivity (Wildman–Crippen MR) is 128 cm³/mol. The van der Waals surface area contributed by atoms with Crippen LogP contribution >= 0.6 is 23.2 Å². The second-order valence-corrected chi connectivity index (χ2v) is 9.71. The summed E-state index contributed by atoms with van der Waals surface area (Å²) in [5.41, 5.74) is 3.30. The zero-order chi connectivity index (χ0) is 22.8. The minimum absolute atomic E-state index is 0.0408. The van der Waals surface area contributed by atoms with E-state index in [0.29, 0.717) is 40.4 Å². The quantitative estimate of drug-likeness (QED) is 0.521. The van der Waals surface area contributed by atoms with Crippen LogP contribution in [0.3, 0.4) is 0 Å². The summed E-state index contributed by atoms with van der Waals surface area (Å²) in [7, 11) is 0. The number of carbonyl (C=O) groups excluding carboxylic acids is 1. The van der Waals surface area contributed by atoms with E-state index in [1.165, 1.54) is 11.1 Å². The summed E-state index contributed by atoms with van der Waals surface area (Å²) < 4.78 is 5.47. The number of hydrogen-bond donors (Lipinski definition) is 1. The smallest absolute Gasteiger partial charge is 0.241 e. The molecule has 8 heteroatoms. The number of nitrogens with one attached hydrogen (secondary N) is 1. The summed E-state index contributed by atoms with van der Waals surface area (Å²) in [6, 6.07) is 13.8. The van der Waals surface area contributed by atoms with Gasteiger partial charge in [0.25, 0.3) is 0 Å². The van der Waals surface area contributed by atoms with Crippen molar-refractivity contribution in [1.29, 1.82) is 0 Å². The third kappa shape index (κ3) is 5.08. The van der Waals surface area contributed by atoms with E-state index in [0.717, 1.165) is 38.6 Å². The number of amides is 1. The fraction of sp³-hybridized carbons (Fsp3) is 0.400. The molecule has 0 spiro atoms. The maximum atomic E-state index is 13.1.